The lowest BCUT2D eigenvalue weighted by Crippen LogP contribution is -2.58. The molecule has 0 atom stereocenters. The summed E-state index contributed by atoms with van der Waals surface area (Å²) in [5.41, 5.74) is 1.58. The summed E-state index contributed by atoms with van der Waals surface area (Å²) in [5.74, 6) is -6.28. The molecule has 1 N–H and O–H groups in total. The number of hydrogen-bond donors (Lipinski definition) is 1. The Labute approximate surface area is 182 Å². The fraction of sp³-hybridized carbons (Fsp3) is 0.263. The standard InChI is InChI=1S/C19H13ClF7N3O2/c1-31-15-7-13(9-29-30-19(26,27)17(21,22)18(23,24)25)6-14(20)16(15)32-10-12-4-2-11(8-28)3-5-12/h2-7,9,30H,10H2,1H3/b29-9-. The maximum atomic E-state index is 13.2. The van der Waals surface area contributed by atoms with Crippen molar-refractivity contribution in [1.29, 1.82) is 5.26 Å². The highest BCUT2D eigenvalue weighted by Gasteiger charge is 2.73. The highest BCUT2D eigenvalue weighted by molar-refractivity contribution is 6.32. The van der Waals surface area contributed by atoms with Gasteiger partial charge in [-0.25, -0.2) is 5.43 Å². The Balaban J connectivity index is 2.16. The molecular formula is C19H13ClF7N3O2. The van der Waals surface area contributed by atoms with Crippen LogP contribution in [-0.4, -0.2) is 31.5 Å². The zero-order valence-corrected chi connectivity index (χ0v) is 16.7. The summed E-state index contributed by atoms with van der Waals surface area (Å²) in [6, 6.07) is 5.02. The summed E-state index contributed by atoms with van der Waals surface area (Å²) in [6.45, 7) is 0.0233. The molecule has 0 aliphatic rings. The third-order valence-corrected chi connectivity index (χ3v) is 4.17. The van der Waals surface area contributed by atoms with Crippen molar-refractivity contribution in [1.82, 2.24) is 5.43 Å². The van der Waals surface area contributed by atoms with Gasteiger partial charge in [0.2, 0.25) is 0 Å². The molecule has 2 aromatic rings. The first-order valence-electron chi connectivity index (χ1n) is 8.44. The van der Waals surface area contributed by atoms with Crippen molar-refractivity contribution in [2.24, 2.45) is 5.10 Å². The van der Waals surface area contributed by atoms with Gasteiger partial charge in [0.05, 0.1) is 30.0 Å². The lowest BCUT2D eigenvalue weighted by atomic mass is 10.1. The molecule has 0 aliphatic heterocycles. The van der Waals surface area contributed by atoms with Crippen LogP contribution in [0.15, 0.2) is 41.5 Å². The highest BCUT2D eigenvalue weighted by Crippen LogP contribution is 2.45. The van der Waals surface area contributed by atoms with Crippen LogP contribution in [0.5, 0.6) is 11.5 Å². The van der Waals surface area contributed by atoms with Crippen LogP contribution in [0.3, 0.4) is 0 Å². The lowest BCUT2D eigenvalue weighted by molar-refractivity contribution is -0.361. The predicted molar refractivity (Wildman–Crippen MR) is 100 cm³/mol. The number of benzene rings is 2. The minimum absolute atomic E-state index is 0.0139. The first kappa shape index (κ1) is 25.1. The molecule has 0 spiro atoms. The minimum atomic E-state index is -6.49. The topological polar surface area (TPSA) is 66.6 Å². The summed E-state index contributed by atoms with van der Waals surface area (Å²) < 4.78 is 99.2. The molecule has 13 heteroatoms. The van der Waals surface area contributed by atoms with Crippen LogP contribution in [-0.2, 0) is 6.61 Å². The molecule has 0 unspecified atom stereocenters. The summed E-state index contributed by atoms with van der Waals surface area (Å²) in [7, 11) is 1.23. The van der Waals surface area contributed by atoms with Crippen molar-refractivity contribution in [2.45, 2.75) is 24.8 Å². The molecule has 0 aliphatic carbocycles. The molecule has 2 aromatic carbocycles. The first-order chi connectivity index (χ1) is 14.8. The molecule has 0 radical (unpaired) electrons. The summed E-state index contributed by atoms with van der Waals surface area (Å²) in [4.78, 5) is 0. The van der Waals surface area contributed by atoms with Gasteiger partial charge in [0.15, 0.2) is 11.5 Å². The van der Waals surface area contributed by atoms with Gasteiger partial charge in [-0.2, -0.15) is 41.1 Å². The zero-order valence-electron chi connectivity index (χ0n) is 16.0. The number of rotatable bonds is 8. The van der Waals surface area contributed by atoms with E-state index in [2.05, 4.69) is 5.10 Å². The quantitative estimate of drug-likeness (QED) is 0.233. The molecule has 5 nitrogen and oxygen atoms in total. The van der Waals surface area contributed by atoms with E-state index in [0.717, 1.165) is 6.07 Å². The number of nitriles is 1. The number of nitrogens with zero attached hydrogens (tertiary/aromatic N) is 2. The second-order valence-electron chi connectivity index (χ2n) is 6.15. The van der Waals surface area contributed by atoms with Crippen molar-refractivity contribution in [3.8, 4) is 17.6 Å². The predicted octanol–water partition coefficient (Wildman–Crippen LogP) is 5.51. The maximum Gasteiger partial charge on any atom is 0.462 e. The molecule has 0 aromatic heterocycles. The molecule has 0 amide bonds. The van der Waals surface area contributed by atoms with Crippen molar-refractivity contribution < 1.29 is 40.2 Å². The average Bonchev–Trinajstić information content (AvgIpc) is 2.72. The van der Waals surface area contributed by atoms with Crippen molar-refractivity contribution >= 4 is 17.8 Å². The van der Waals surface area contributed by atoms with Gasteiger partial charge in [0.25, 0.3) is 0 Å². The van der Waals surface area contributed by atoms with E-state index in [1.807, 2.05) is 6.07 Å². The van der Waals surface area contributed by atoms with E-state index in [4.69, 9.17) is 26.3 Å². The summed E-state index contributed by atoms with van der Waals surface area (Å²) in [5, 5.41) is 11.5. The van der Waals surface area contributed by atoms with Crippen LogP contribution in [0.2, 0.25) is 5.02 Å². The molecule has 0 saturated carbocycles. The Morgan fingerprint density at radius 1 is 1.09 bits per heavy atom. The molecule has 0 bridgehead atoms. The Morgan fingerprint density at radius 2 is 1.72 bits per heavy atom. The Morgan fingerprint density at radius 3 is 2.25 bits per heavy atom. The van der Waals surface area contributed by atoms with E-state index >= 15 is 0 Å². The van der Waals surface area contributed by atoms with Crippen LogP contribution in [0.4, 0.5) is 30.7 Å². The van der Waals surface area contributed by atoms with Crippen LogP contribution in [0.1, 0.15) is 16.7 Å². The second-order valence-corrected chi connectivity index (χ2v) is 6.56. The van der Waals surface area contributed by atoms with Gasteiger partial charge in [-0.1, -0.05) is 23.7 Å². The van der Waals surface area contributed by atoms with Crippen molar-refractivity contribution in [3.05, 3.63) is 58.1 Å². The summed E-state index contributed by atoms with van der Waals surface area (Å²) in [6.07, 6.45) is -5.93. The minimum Gasteiger partial charge on any atom is -0.493 e. The number of hydrogen-bond acceptors (Lipinski definition) is 5. The number of alkyl halides is 7. The lowest BCUT2D eigenvalue weighted by Gasteiger charge is -2.27. The number of nitrogens with one attached hydrogen (secondary N) is 1. The first-order valence-corrected chi connectivity index (χ1v) is 8.82. The number of hydrazone groups is 1. The van der Waals surface area contributed by atoms with Gasteiger partial charge in [-0.3, -0.25) is 0 Å². The van der Waals surface area contributed by atoms with Crippen molar-refractivity contribution in [2.75, 3.05) is 7.11 Å². The van der Waals surface area contributed by atoms with E-state index in [1.54, 1.807) is 24.3 Å². The van der Waals surface area contributed by atoms with E-state index in [0.29, 0.717) is 22.8 Å². The molecule has 0 saturated heterocycles. The second kappa shape index (κ2) is 9.52. The van der Waals surface area contributed by atoms with Crippen LogP contribution in [0.25, 0.3) is 0 Å². The molecule has 2 rings (SSSR count). The van der Waals surface area contributed by atoms with Gasteiger partial charge >= 0.3 is 18.1 Å². The van der Waals surface area contributed by atoms with Gasteiger partial charge in [0.1, 0.15) is 6.61 Å². The third kappa shape index (κ3) is 5.53. The number of halogens is 8. The van der Waals surface area contributed by atoms with Crippen LogP contribution >= 0.6 is 11.6 Å². The normalized spacial score (nSPS) is 12.5. The maximum absolute atomic E-state index is 13.2. The van der Waals surface area contributed by atoms with E-state index in [9.17, 15) is 30.7 Å². The fourth-order valence-electron chi connectivity index (χ4n) is 2.22. The van der Waals surface area contributed by atoms with Gasteiger partial charge in [0, 0.05) is 0 Å². The molecule has 32 heavy (non-hydrogen) atoms. The smallest absolute Gasteiger partial charge is 0.462 e. The van der Waals surface area contributed by atoms with Gasteiger partial charge in [-0.05, 0) is 35.4 Å². The van der Waals surface area contributed by atoms with E-state index < -0.39 is 18.1 Å². The summed E-state index contributed by atoms with van der Waals surface area (Å²) >= 11 is 6.08. The molecular weight excluding hydrogens is 471 g/mol. The van der Waals surface area contributed by atoms with Gasteiger partial charge < -0.3 is 9.47 Å². The zero-order chi connectivity index (χ0) is 24.2. The average molecular weight is 484 g/mol. The SMILES string of the molecule is COc1cc(/C=N\NC(F)(F)C(F)(F)C(F)(F)F)cc(Cl)c1OCc1ccc(C#N)cc1. The highest BCUT2D eigenvalue weighted by atomic mass is 35.5. The van der Waals surface area contributed by atoms with E-state index in [1.165, 1.54) is 13.2 Å². The van der Waals surface area contributed by atoms with Crippen LogP contribution in [0, 0.1) is 11.3 Å². The van der Waals surface area contributed by atoms with E-state index in [-0.39, 0.29) is 28.7 Å². The monoisotopic (exact) mass is 483 g/mol. The molecule has 172 valence electrons. The third-order valence-electron chi connectivity index (χ3n) is 3.89. The Bertz CT molecular complexity index is 1020. The van der Waals surface area contributed by atoms with Crippen LogP contribution < -0.4 is 14.9 Å². The fourth-order valence-corrected chi connectivity index (χ4v) is 2.50. The molecule has 0 heterocycles. The molecule has 0 fully saturated rings. The largest absolute Gasteiger partial charge is 0.493 e. The Hall–Kier alpha value is -3.20. The Kier molecular flexibility index (Phi) is 7.46. The van der Waals surface area contributed by atoms with Gasteiger partial charge in [-0.15, -0.1) is 0 Å². The number of methoxy groups -OCH3 is 1. The number of ether oxygens (including phenoxy) is 2. The van der Waals surface area contributed by atoms with Crippen molar-refractivity contribution in [3.63, 3.8) is 0 Å².